The van der Waals surface area contributed by atoms with E-state index in [0.717, 1.165) is 6.54 Å². The second-order valence-electron chi connectivity index (χ2n) is 5.75. The summed E-state index contributed by atoms with van der Waals surface area (Å²) in [7, 11) is 4.03. The molecule has 0 aliphatic carbocycles. The third-order valence-corrected chi connectivity index (χ3v) is 2.61. The first-order valence-electron chi connectivity index (χ1n) is 6.41. The minimum atomic E-state index is -0.209. The molecule has 0 bridgehead atoms. The van der Waals surface area contributed by atoms with Gasteiger partial charge in [0.15, 0.2) is 11.6 Å². The molecule has 0 aromatic carbocycles. The Balaban J connectivity index is 2.50. The number of carbonyl (C=O) groups excluding carboxylic acids is 1. The number of nitrogens with one attached hydrogen (secondary N) is 1. The third-order valence-electron chi connectivity index (χ3n) is 2.61. The Kier molecular flexibility index (Phi) is 5.50. The maximum Gasteiger partial charge on any atom is 0.273 e. The summed E-state index contributed by atoms with van der Waals surface area (Å²) < 4.78 is 5.16. The van der Waals surface area contributed by atoms with E-state index < -0.39 is 0 Å². The molecule has 0 saturated heterocycles. The van der Waals surface area contributed by atoms with Gasteiger partial charge < -0.3 is 20.4 Å². The van der Waals surface area contributed by atoms with Gasteiger partial charge in [-0.15, -0.1) is 0 Å². The number of amides is 1. The van der Waals surface area contributed by atoms with Crippen molar-refractivity contribution in [1.82, 2.24) is 15.2 Å². The van der Waals surface area contributed by atoms with E-state index in [1.807, 2.05) is 14.1 Å². The molecule has 1 heterocycles. The van der Waals surface area contributed by atoms with E-state index in [1.165, 1.54) is 6.26 Å². The van der Waals surface area contributed by atoms with Crippen molar-refractivity contribution >= 4 is 5.91 Å². The van der Waals surface area contributed by atoms with Gasteiger partial charge in [-0.25, -0.2) is 4.98 Å². The minimum Gasteiger partial charge on any atom is -0.448 e. The van der Waals surface area contributed by atoms with Gasteiger partial charge in [0, 0.05) is 26.1 Å². The van der Waals surface area contributed by atoms with Gasteiger partial charge in [0.25, 0.3) is 5.91 Å². The summed E-state index contributed by atoms with van der Waals surface area (Å²) in [6.07, 6.45) is 1.92. The zero-order chi connectivity index (χ0) is 14.5. The summed E-state index contributed by atoms with van der Waals surface area (Å²) in [5.41, 5.74) is 5.72. The van der Waals surface area contributed by atoms with Crippen molar-refractivity contribution in [1.29, 1.82) is 0 Å². The van der Waals surface area contributed by atoms with Gasteiger partial charge in [-0.1, -0.05) is 13.8 Å². The van der Waals surface area contributed by atoms with E-state index in [1.54, 1.807) is 0 Å². The normalized spacial score (nSPS) is 11.9. The van der Waals surface area contributed by atoms with Crippen molar-refractivity contribution in [2.45, 2.75) is 20.3 Å². The monoisotopic (exact) mass is 268 g/mol. The van der Waals surface area contributed by atoms with Gasteiger partial charge in [-0.2, -0.15) is 0 Å². The van der Waals surface area contributed by atoms with Crippen LogP contribution in [-0.4, -0.2) is 49.5 Å². The first-order valence-corrected chi connectivity index (χ1v) is 6.41. The fraction of sp³-hybridized carbons (Fsp3) is 0.692. The van der Waals surface area contributed by atoms with Crippen molar-refractivity contribution in [3.8, 4) is 0 Å². The molecule has 0 aliphatic heterocycles. The summed E-state index contributed by atoms with van der Waals surface area (Å²) in [6, 6.07) is 0. The van der Waals surface area contributed by atoms with Crippen LogP contribution in [-0.2, 0) is 6.42 Å². The predicted molar refractivity (Wildman–Crippen MR) is 73.9 cm³/mol. The number of hydrogen-bond acceptors (Lipinski definition) is 5. The zero-order valence-corrected chi connectivity index (χ0v) is 12.2. The Morgan fingerprint density at radius 3 is 2.79 bits per heavy atom. The van der Waals surface area contributed by atoms with E-state index in [9.17, 15) is 4.79 Å². The van der Waals surface area contributed by atoms with E-state index in [4.69, 9.17) is 10.2 Å². The van der Waals surface area contributed by atoms with Gasteiger partial charge in [-0.3, -0.25) is 4.79 Å². The summed E-state index contributed by atoms with van der Waals surface area (Å²) in [6.45, 7) is 6.15. The van der Waals surface area contributed by atoms with Gasteiger partial charge in [0.1, 0.15) is 6.26 Å². The molecule has 0 fully saturated rings. The third kappa shape index (κ3) is 5.40. The van der Waals surface area contributed by atoms with Crippen LogP contribution in [0.4, 0.5) is 0 Å². The molecule has 1 amide bonds. The molecule has 0 atom stereocenters. The average molecular weight is 268 g/mol. The lowest BCUT2D eigenvalue weighted by Gasteiger charge is -2.28. The lowest BCUT2D eigenvalue weighted by atomic mass is 9.93. The number of rotatable bonds is 7. The smallest absolute Gasteiger partial charge is 0.273 e. The second-order valence-corrected chi connectivity index (χ2v) is 5.75. The molecule has 0 aliphatic rings. The maximum atomic E-state index is 11.9. The Morgan fingerprint density at radius 2 is 2.21 bits per heavy atom. The lowest BCUT2D eigenvalue weighted by Crippen LogP contribution is -2.40. The van der Waals surface area contributed by atoms with Crippen molar-refractivity contribution < 1.29 is 9.21 Å². The first-order chi connectivity index (χ1) is 8.84. The van der Waals surface area contributed by atoms with Crippen LogP contribution in [0.25, 0.3) is 0 Å². The number of nitrogens with two attached hydrogens (primary N) is 1. The molecule has 1 aromatic heterocycles. The van der Waals surface area contributed by atoms with Gasteiger partial charge in [0.2, 0.25) is 0 Å². The van der Waals surface area contributed by atoms with Gasteiger partial charge in [0.05, 0.1) is 0 Å². The highest BCUT2D eigenvalue weighted by molar-refractivity contribution is 5.91. The van der Waals surface area contributed by atoms with Gasteiger partial charge >= 0.3 is 0 Å². The average Bonchev–Trinajstić information content (AvgIpc) is 2.73. The SMILES string of the molecule is CN(C)CC(C)(C)CNC(=O)c1coc(CCN)n1. The fourth-order valence-electron chi connectivity index (χ4n) is 1.98. The zero-order valence-electron chi connectivity index (χ0n) is 12.2. The van der Waals surface area contributed by atoms with Crippen molar-refractivity contribution in [2.24, 2.45) is 11.1 Å². The fourth-order valence-corrected chi connectivity index (χ4v) is 1.98. The molecule has 6 nitrogen and oxygen atoms in total. The molecule has 1 aromatic rings. The molecule has 0 unspecified atom stereocenters. The van der Waals surface area contributed by atoms with E-state index >= 15 is 0 Å². The van der Waals surface area contributed by atoms with E-state index in [2.05, 4.69) is 29.0 Å². The van der Waals surface area contributed by atoms with Crippen molar-refractivity contribution in [2.75, 3.05) is 33.7 Å². The van der Waals surface area contributed by atoms with Crippen LogP contribution in [0.3, 0.4) is 0 Å². The molecule has 3 N–H and O–H groups in total. The summed E-state index contributed by atoms with van der Waals surface area (Å²) >= 11 is 0. The highest BCUT2D eigenvalue weighted by atomic mass is 16.3. The Morgan fingerprint density at radius 1 is 1.53 bits per heavy atom. The second kappa shape index (κ2) is 6.68. The first kappa shape index (κ1) is 15.7. The standard InChI is InChI=1S/C13H24N4O2/c1-13(2,9-17(3)4)8-15-12(18)10-7-19-11(16-10)5-6-14/h7H,5-6,8-9,14H2,1-4H3,(H,15,18). The van der Waals surface area contributed by atoms with Crippen LogP contribution in [0, 0.1) is 5.41 Å². The molecule has 19 heavy (non-hydrogen) atoms. The topological polar surface area (TPSA) is 84.4 Å². The van der Waals surface area contributed by atoms with Crippen LogP contribution in [0.2, 0.25) is 0 Å². The van der Waals surface area contributed by atoms with Crippen molar-refractivity contribution in [3.05, 3.63) is 17.8 Å². The Hall–Kier alpha value is -1.40. The number of oxazole rings is 1. The molecular weight excluding hydrogens is 244 g/mol. The molecule has 6 heteroatoms. The van der Waals surface area contributed by atoms with Crippen molar-refractivity contribution in [3.63, 3.8) is 0 Å². The molecule has 0 saturated carbocycles. The molecular formula is C13H24N4O2. The molecule has 108 valence electrons. The number of aromatic nitrogens is 1. The van der Waals surface area contributed by atoms with E-state index in [0.29, 0.717) is 31.1 Å². The number of nitrogens with zero attached hydrogens (tertiary/aromatic N) is 2. The van der Waals surface area contributed by atoms with Crippen LogP contribution >= 0.6 is 0 Å². The Bertz CT molecular complexity index is 413. The van der Waals surface area contributed by atoms with Gasteiger partial charge in [-0.05, 0) is 19.5 Å². The lowest BCUT2D eigenvalue weighted by molar-refractivity contribution is 0.0924. The summed E-state index contributed by atoms with van der Waals surface area (Å²) in [5.74, 6) is 0.291. The van der Waals surface area contributed by atoms with Crippen LogP contribution in [0.15, 0.2) is 10.7 Å². The van der Waals surface area contributed by atoms with E-state index in [-0.39, 0.29) is 11.3 Å². The summed E-state index contributed by atoms with van der Waals surface area (Å²) in [4.78, 5) is 18.1. The van der Waals surface area contributed by atoms with Crippen LogP contribution in [0.5, 0.6) is 0 Å². The largest absolute Gasteiger partial charge is 0.448 e. The minimum absolute atomic E-state index is 0.00296. The highest BCUT2D eigenvalue weighted by Crippen LogP contribution is 2.14. The highest BCUT2D eigenvalue weighted by Gasteiger charge is 2.21. The number of hydrogen-bond donors (Lipinski definition) is 2. The molecule has 0 radical (unpaired) electrons. The molecule has 0 spiro atoms. The number of carbonyl (C=O) groups is 1. The Labute approximate surface area is 114 Å². The van der Waals surface area contributed by atoms with Crippen LogP contribution in [0.1, 0.15) is 30.2 Å². The van der Waals surface area contributed by atoms with Crippen LogP contribution < -0.4 is 11.1 Å². The predicted octanol–water partition coefficient (Wildman–Crippen LogP) is 0.493. The molecule has 1 rings (SSSR count). The quantitative estimate of drug-likeness (QED) is 0.752. The summed E-state index contributed by atoms with van der Waals surface area (Å²) in [5, 5.41) is 2.88. The maximum absolute atomic E-state index is 11.9.